The Morgan fingerprint density at radius 3 is 2.38 bits per heavy atom. The minimum Gasteiger partial charge on any atom is -0.490 e. The summed E-state index contributed by atoms with van der Waals surface area (Å²) in [5, 5.41) is 0.646. The van der Waals surface area contributed by atoms with Crippen molar-refractivity contribution in [3.05, 3.63) is 22.7 Å². The summed E-state index contributed by atoms with van der Waals surface area (Å²) in [4.78, 5) is 0. The van der Waals surface area contributed by atoms with Crippen molar-refractivity contribution in [3.8, 4) is 11.5 Å². The van der Waals surface area contributed by atoms with Crippen LogP contribution < -0.4 is 9.47 Å². The molecule has 2 aliphatic rings. The quantitative estimate of drug-likeness (QED) is 0.657. The maximum Gasteiger partial charge on any atom is 0.162 e. The van der Waals surface area contributed by atoms with Crippen molar-refractivity contribution in [2.45, 2.75) is 50.3 Å². The van der Waals surface area contributed by atoms with Crippen LogP contribution in [0.1, 0.15) is 55.9 Å². The van der Waals surface area contributed by atoms with Crippen molar-refractivity contribution in [3.63, 3.8) is 0 Å². The maximum absolute atomic E-state index is 6.65. The Balaban J connectivity index is 1.75. The number of hydrogen-bond donors (Lipinski definition) is 0. The van der Waals surface area contributed by atoms with E-state index in [1.165, 1.54) is 32.1 Å². The van der Waals surface area contributed by atoms with Crippen LogP contribution in [0.25, 0.3) is 0 Å². The van der Waals surface area contributed by atoms with Gasteiger partial charge in [0.2, 0.25) is 0 Å². The molecule has 0 spiro atoms. The monoisotopic (exact) mass is 328 g/mol. The van der Waals surface area contributed by atoms with Crippen molar-refractivity contribution in [2.24, 2.45) is 5.92 Å². The molecule has 0 amide bonds. The summed E-state index contributed by atoms with van der Waals surface area (Å²) < 4.78 is 11.4. The van der Waals surface area contributed by atoms with Crippen LogP contribution in [0, 0.1) is 5.92 Å². The highest BCUT2D eigenvalue weighted by Gasteiger charge is 2.22. The molecule has 0 aromatic heterocycles. The van der Waals surface area contributed by atoms with Gasteiger partial charge in [-0.05, 0) is 24.0 Å². The third-order valence-electron chi connectivity index (χ3n) is 4.47. The molecule has 0 radical (unpaired) electrons. The van der Waals surface area contributed by atoms with Crippen LogP contribution in [-0.4, -0.2) is 13.2 Å². The number of halogens is 2. The molecule has 21 heavy (non-hydrogen) atoms. The fourth-order valence-electron chi connectivity index (χ4n) is 3.28. The van der Waals surface area contributed by atoms with Gasteiger partial charge in [0.25, 0.3) is 0 Å². The molecule has 1 fully saturated rings. The van der Waals surface area contributed by atoms with E-state index in [1.54, 1.807) is 0 Å². The molecule has 0 N–H and O–H groups in total. The number of benzene rings is 1. The molecule has 1 unspecified atom stereocenters. The number of ether oxygens (including phenoxy) is 2. The van der Waals surface area contributed by atoms with Gasteiger partial charge in [0.1, 0.15) is 0 Å². The third-order valence-corrected chi connectivity index (χ3v) is 5.21. The smallest absolute Gasteiger partial charge is 0.162 e. The summed E-state index contributed by atoms with van der Waals surface area (Å²) in [7, 11) is 0. The lowest BCUT2D eigenvalue weighted by Gasteiger charge is -2.24. The average Bonchev–Trinajstić information content (AvgIpc) is 2.72. The molecule has 0 bridgehead atoms. The summed E-state index contributed by atoms with van der Waals surface area (Å²) in [5.74, 6) is 2.25. The van der Waals surface area contributed by atoms with Gasteiger partial charge in [-0.15, -0.1) is 11.6 Å². The Morgan fingerprint density at radius 2 is 1.67 bits per heavy atom. The largest absolute Gasteiger partial charge is 0.490 e. The van der Waals surface area contributed by atoms with Crippen LogP contribution in [0.4, 0.5) is 0 Å². The number of rotatable bonds is 3. The highest BCUT2D eigenvalue weighted by molar-refractivity contribution is 6.33. The van der Waals surface area contributed by atoms with Crippen LogP contribution in [0.2, 0.25) is 5.02 Å². The Kier molecular flexibility index (Phi) is 5.18. The summed E-state index contributed by atoms with van der Waals surface area (Å²) in [5.41, 5.74) is 0.980. The van der Waals surface area contributed by atoms with Gasteiger partial charge in [0.05, 0.1) is 18.6 Å². The molecule has 1 heterocycles. The molecule has 116 valence electrons. The SMILES string of the molecule is Clc1cc2c(cc1C(Cl)CC1CCCCC1)OCCCO2. The number of fused-ring (bicyclic) bond motifs is 1. The maximum atomic E-state index is 6.65. The molecule has 1 aromatic rings. The summed E-state index contributed by atoms with van der Waals surface area (Å²) in [6.07, 6.45) is 8.53. The Bertz CT molecular complexity index is 484. The molecule has 1 aromatic carbocycles. The first-order valence-corrected chi connectivity index (χ1v) is 8.78. The summed E-state index contributed by atoms with van der Waals surface area (Å²) in [6, 6.07) is 3.83. The summed E-state index contributed by atoms with van der Waals surface area (Å²) in [6.45, 7) is 1.36. The zero-order chi connectivity index (χ0) is 14.7. The van der Waals surface area contributed by atoms with E-state index in [-0.39, 0.29) is 5.38 Å². The molecule has 1 saturated carbocycles. The predicted octanol–water partition coefficient (Wildman–Crippen LogP) is 5.75. The van der Waals surface area contributed by atoms with E-state index in [4.69, 9.17) is 32.7 Å². The van der Waals surface area contributed by atoms with E-state index in [1.807, 2.05) is 12.1 Å². The van der Waals surface area contributed by atoms with Crippen LogP contribution in [0.5, 0.6) is 11.5 Å². The normalized spacial score (nSPS) is 20.9. The zero-order valence-electron chi connectivity index (χ0n) is 12.2. The topological polar surface area (TPSA) is 18.5 Å². The van der Waals surface area contributed by atoms with Crippen LogP contribution in [0.3, 0.4) is 0 Å². The second-order valence-corrected chi connectivity index (χ2v) is 7.01. The van der Waals surface area contributed by atoms with Gasteiger partial charge in [0, 0.05) is 17.5 Å². The van der Waals surface area contributed by atoms with Crippen molar-refractivity contribution >= 4 is 23.2 Å². The molecule has 4 heteroatoms. The second kappa shape index (κ2) is 7.11. The lowest BCUT2D eigenvalue weighted by atomic mass is 9.85. The second-order valence-electron chi connectivity index (χ2n) is 6.08. The highest BCUT2D eigenvalue weighted by atomic mass is 35.5. The molecular formula is C17H22Cl2O2. The number of hydrogen-bond acceptors (Lipinski definition) is 2. The Labute approximate surface area is 136 Å². The molecule has 0 saturated heterocycles. The van der Waals surface area contributed by atoms with Gasteiger partial charge in [0.15, 0.2) is 11.5 Å². The first-order valence-electron chi connectivity index (χ1n) is 7.97. The standard InChI is InChI=1S/C17H22Cl2O2/c18-14(9-12-5-2-1-3-6-12)13-10-16-17(11-15(13)19)21-8-4-7-20-16/h10-12,14H,1-9H2. The van der Waals surface area contributed by atoms with Crippen LogP contribution >= 0.6 is 23.2 Å². The van der Waals surface area contributed by atoms with E-state index >= 15 is 0 Å². The number of alkyl halides is 1. The highest BCUT2D eigenvalue weighted by Crippen LogP contribution is 2.42. The van der Waals surface area contributed by atoms with E-state index in [2.05, 4.69) is 0 Å². The van der Waals surface area contributed by atoms with Crippen molar-refractivity contribution in [1.29, 1.82) is 0 Å². The third kappa shape index (κ3) is 3.78. The van der Waals surface area contributed by atoms with Crippen molar-refractivity contribution in [1.82, 2.24) is 0 Å². The molecular weight excluding hydrogens is 307 g/mol. The lowest BCUT2D eigenvalue weighted by Crippen LogP contribution is -2.09. The Hall–Kier alpha value is -0.600. The zero-order valence-corrected chi connectivity index (χ0v) is 13.8. The van der Waals surface area contributed by atoms with E-state index < -0.39 is 0 Å². The van der Waals surface area contributed by atoms with Gasteiger partial charge in [-0.3, -0.25) is 0 Å². The molecule has 1 aliphatic carbocycles. The van der Waals surface area contributed by atoms with Crippen LogP contribution in [0.15, 0.2) is 12.1 Å². The Morgan fingerprint density at radius 1 is 1.00 bits per heavy atom. The average molecular weight is 329 g/mol. The van der Waals surface area contributed by atoms with Gasteiger partial charge < -0.3 is 9.47 Å². The van der Waals surface area contributed by atoms with Crippen LogP contribution in [-0.2, 0) is 0 Å². The minimum atomic E-state index is -0.0437. The molecule has 3 rings (SSSR count). The molecule has 1 aliphatic heterocycles. The van der Waals surface area contributed by atoms with Gasteiger partial charge >= 0.3 is 0 Å². The van der Waals surface area contributed by atoms with E-state index in [0.29, 0.717) is 18.2 Å². The van der Waals surface area contributed by atoms with E-state index in [0.717, 1.165) is 35.8 Å². The van der Waals surface area contributed by atoms with Gasteiger partial charge in [-0.2, -0.15) is 0 Å². The van der Waals surface area contributed by atoms with Gasteiger partial charge in [-0.25, -0.2) is 0 Å². The predicted molar refractivity (Wildman–Crippen MR) is 86.8 cm³/mol. The van der Waals surface area contributed by atoms with Crippen molar-refractivity contribution in [2.75, 3.05) is 13.2 Å². The molecule has 1 atom stereocenters. The lowest BCUT2D eigenvalue weighted by molar-refractivity contribution is 0.297. The first kappa shape index (κ1) is 15.3. The van der Waals surface area contributed by atoms with Gasteiger partial charge in [-0.1, -0.05) is 43.7 Å². The van der Waals surface area contributed by atoms with E-state index in [9.17, 15) is 0 Å². The summed E-state index contributed by atoms with van der Waals surface area (Å²) >= 11 is 13.1. The van der Waals surface area contributed by atoms with Crippen molar-refractivity contribution < 1.29 is 9.47 Å². The minimum absolute atomic E-state index is 0.0437. The first-order chi connectivity index (χ1) is 10.2. The fraction of sp³-hybridized carbons (Fsp3) is 0.647. The molecule has 2 nitrogen and oxygen atoms in total. The fourth-order valence-corrected chi connectivity index (χ4v) is 4.06.